The van der Waals surface area contributed by atoms with Gasteiger partial charge >= 0.3 is 0 Å². The first-order chi connectivity index (χ1) is 14.1. The van der Waals surface area contributed by atoms with E-state index in [1.54, 1.807) is 11.6 Å². The van der Waals surface area contributed by atoms with Crippen molar-refractivity contribution in [3.05, 3.63) is 40.9 Å². The van der Waals surface area contributed by atoms with Crippen molar-refractivity contribution in [3.8, 4) is 0 Å². The molecule has 1 aromatic rings. The summed E-state index contributed by atoms with van der Waals surface area (Å²) in [5.74, 6) is -0.0343. The Morgan fingerprint density at radius 1 is 1.10 bits per heavy atom. The molecule has 2 aliphatic rings. The summed E-state index contributed by atoms with van der Waals surface area (Å²) in [7, 11) is 0. The van der Waals surface area contributed by atoms with E-state index in [4.69, 9.17) is 23.8 Å². The fourth-order valence-corrected chi connectivity index (χ4v) is 4.33. The molecule has 0 unspecified atom stereocenters. The number of nitrogens with one attached hydrogen (secondary N) is 2. The molecule has 2 N–H and O–H groups in total. The van der Waals surface area contributed by atoms with Crippen LogP contribution in [0.15, 0.2) is 35.9 Å². The topological polar surface area (TPSA) is 47.6 Å². The van der Waals surface area contributed by atoms with Crippen LogP contribution in [0.25, 0.3) is 0 Å². The zero-order valence-corrected chi connectivity index (χ0v) is 18.5. The van der Waals surface area contributed by atoms with Crippen LogP contribution in [0, 0.1) is 0 Å². The summed E-state index contributed by atoms with van der Waals surface area (Å²) in [4.78, 5) is 16.8. The summed E-state index contributed by atoms with van der Waals surface area (Å²) in [6.45, 7) is 4.76. The van der Waals surface area contributed by atoms with Crippen LogP contribution in [-0.4, -0.2) is 60.1 Å². The fraction of sp³-hybridized carbons (Fsp3) is 0.545. The molecular weight excluding hydrogens is 404 g/mol. The van der Waals surface area contributed by atoms with Gasteiger partial charge in [0, 0.05) is 32.7 Å². The number of para-hydroxylation sites is 1. The van der Waals surface area contributed by atoms with E-state index in [2.05, 4.69) is 26.5 Å². The van der Waals surface area contributed by atoms with Gasteiger partial charge in [-0.1, -0.05) is 35.4 Å². The number of halogens is 1. The zero-order chi connectivity index (χ0) is 20.5. The second kappa shape index (κ2) is 11.5. The summed E-state index contributed by atoms with van der Waals surface area (Å²) in [5, 5.41) is 7.72. The van der Waals surface area contributed by atoms with Crippen LogP contribution in [0.5, 0.6) is 0 Å². The molecule has 0 radical (unpaired) electrons. The van der Waals surface area contributed by atoms with Crippen molar-refractivity contribution < 1.29 is 4.79 Å². The van der Waals surface area contributed by atoms with Gasteiger partial charge in [-0.15, -0.1) is 0 Å². The van der Waals surface area contributed by atoms with E-state index in [1.807, 2.05) is 18.2 Å². The number of amides is 1. The minimum atomic E-state index is -0.0343. The van der Waals surface area contributed by atoms with Gasteiger partial charge < -0.3 is 15.5 Å². The van der Waals surface area contributed by atoms with E-state index < -0.39 is 0 Å². The normalized spacial score (nSPS) is 18.0. The molecule has 29 heavy (non-hydrogen) atoms. The Hall–Kier alpha value is -1.63. The second-order valence-corrected chi connectivity index (χ2v) is 8.53. The van der Waals surface area contributed by atoms with E-state index in [1.165, 1.54) is 25.7 Å². The molecule has 1 amide bonds. The number of benzene rings is 1. The SMILES string of the molecule is O=C(CN1CCCN(C(=S)NCCC2=CCCCC2)CC1)Nc1ccccc1Cl. The third-order valence-electron chi connectivity index (χ3n) is 5.50. The van der Waals surface area contributed by atoms with E-state index in [9.17, 15) is 4.79 Å². The van der Waals surface area contributed by atoms with E-state index in [-0.39, 0.29) is 5.91 Å². The van der Waals surface area contributed by atoms with Crippen molar-refractivity contribution in [2.75, 3.05) is 44.6 Å². The first-order valence-corrected chi connectivity index (χ1v) is 11.4. The highest BCUT2D eigenvalue weighted by Crippen LogP contribution is 2.21. The number of nitrogens with zero attached hydrogens (tertiary/aromatic N) is 2. The van der Waals surface area contributed by atoms with Crippen LogP contribution in [-0.2, 0) is 4.79 Å². The van der Waals surface area contributed by atoms with Crippen LogP contribution in [0.2, 0.25) is 5.02 Å². The van der Waals surface area contributed by atoms with Gasteiger partial charge in [-0.3, -0.25) is 9.69 Å². The number of hydrogen-bond donors (Lipinski definition) is 2. The molecular formula is C22H31ClN4OS. The molecule has 5 nitrogen and oxygen atoms in total. The van der Waals surface area contributed by atoms with Crippen molar-refractivity contribution in [1.29, 1.82) is 0 Å². The van der Waals surface area contributed by atoms with Crippen molar-refractivity contribution >= 4 is 40.5 Å². The summed E-state index contributed by atoms with van der Waals surface area (Å²) < 4.78 is 0. The number of allylic oxidation sites excluding steroid dienone is 1. The highest BCUT2D eigenvalue weighted by molar-refractivity contribution is 7.80. The van der Waals surface area contributed by atoms with E-state index in [0.29, 0.717) is 17.3 Å². The Morgan fingerprint density at radius 2 is 1.97 bits per heavy atom. The second-order valence-electron chi connectivity index (χ2n) is 7.73. The van der Waals surface area contributed by atoms with Crippen LogP contribution in [0.4, 0.5) is 5.69 Å². The number of thiocarbonyl (C=S) groups is 1. The first kappa shape index (κ1) is 22.1. The molecule has 1 aliphatic carbocycles. The third-order valence-corrected chi connectivity index (χ3v) is 6.23. The molecule has 158 valence electrons. The molecule has 1 saturated heterocycles. The molecule has 1 fully saturated rings. The maximum Gasteiger partial charge on any atom is 0.238 e. The lowest BCUT2D eigenvalue weighted by molar-refractivity contribution is -0.117. The number of carbonyl (C=O) groups excluding carboxylic acids is 1. The average molecular weight is 435 g/mol. The number of carbonyl (C=O) groups is 1. The Balaban J connectivity index is 1.39. The van der Waals surface area contributed by atoms with Crippen molar-refractivity contribution in [2.45, 2.75) is 38.5 Å². The minimum Gasteiger partial charge on any atom is -0.362 e. The molecule has 3 rings (SSSR count). The highest BCUT2D eigenvalue weighted by atomic mass is 35.5. The predicted octanol–water partition coefficient (Wildman–Crippen LogP) is 4.05. The molecule has 7 heteroatoms. The maximum atomic E-state index is 12.4. The molecule has 0 bridgehead atoms. The lowest BCUT2D eigenvalue weighted by atomic mass is 9.97. The lowest BCUT2D eigenvalue weighted by Gasteiger charge is -2.25. The van der Waals surface area contributed by atoms with Crippen LogP contribution < -0.4 is 10.6 Å². The van der Waals surface area contributed by atoms with Crippen LogP contribution >= 0.6 is 23.8 Å². The van der Waals surface area contributed by atoms with Crippen molar-refractivity contribution in [2.24, 2.45) is 0 Å². The summed E-state index contributed by atoms with van der Waals surface area (Å²) in [6.07, 6.45) is 9.59. The Bertz CT molecular complexity index is 739. The van der Waals surface area contributed by atoms with Gasteiger partial charge in [-0.25, -0.2) is 0 Å². The lowest BCUT2D eigenvalue weighted by Crippen LogP contribution is -2.42. The summed E-state index contributed by atoms with van der Waals surface area (Å²) in [6, 6.07) is 7.31. The molecule has 1 aliphatic heterocycles. The third kappa shape index (κ3) is 7.28. The quantitative estimate of drug-likeness (QED) is 0.522. The van der Waals surface area contributed by atoms with Crippen LogP contribution in [0.3, 0.4) is 0 Å². The predicted molar refractivity (Wildman–Crippen MR) is 124 cm³/mol. The summed E-state index contributed by atoms with van der Waals surface area (Å²) in [5.41, 5.74) is 2.23. The number of hydrogen-bond acceptors (Lipinski definition) is 3. The monoisotopic (exact) mass is 434 g/mol. The van der Waals surface area contributed by atoms with Gasteiger partial charge in [0.1, 0.15) is 0 Å². The average Bonchev–Trinajstić information content (AvgIpc) is 2.96. The van der Waals surface area contributed by atoms with Gasteiger partial charge in [0.15, 0.2) is 5.11 Å². The molecule has 0 saturated carbocycles. The molecule has 1 aromatic carbocycles. The Labute approximate surface area is 184 Å². The largest absolute Gasteiger partial charge is 0.362 e. The fourth-order valence-electron chi connectivity index (χ4n) is 3.86. The smallest absolute Gasteiger partial charge is 0.238 e. The maximum absolute atomic E-state index is 12.4. The minimum absolute atomic E-state index is 0.0343. The molecule has 0 aromatic heterocycles. The highest BCUT2D eigenvalue weighted by Gasteiger charge is 2.19. The van der Waals surface area contributed by atoms with Gasteiger partial charge in [0.25, 0.3) is 0 Å². The Morgan fingerprint density at radius 3 is 2.76 bits per heavy atom. The molecule has 0 atom stereocenters. The van der Waals surface area contributed by atoms with Gasteiger partial charge in [0.2, 0.25) is 5.91 Å². The van der Waals surface area contributed by atoms with Crippen LogP contribution in [0.1, 0.15) is 38.5 Å². The van der Waals surface area contributed by atoms with Crippen molar-refractivity contribution in [1.82, 2.24) is 15.1 Å². The van der Waals surface area contributed by atoms with E-state index >= 15 is 0 Å². The van der Waals surface area contributed by atoms with Gasteiger partial charge in [0.05, 0.1) is 17.3 Å². The van der Waals surface area contributed by atoms with E-state index in [0.717, 1.165) is 50.7 Å². The van der Waals surface area contributed by atoms with Crippen molar-refractivity contribution in [3.63, 3.8) is 0 Å². The zero-order valence-electron chi connectivity index (χ0n) is 17.0. The molecule has 1 heterocycles. The van der Waals surface area contributed by atoms with Gasteiger partial charge in [-0.2, -0.15) is 0 Å². The number of rotatable bonds is 6. The Kier molecular flexibility index (Phi) is 8.77. The first-order valence-electron chi connectivity index (χ1n) is 10.6. The summed E-state index contributed by atoms with van der Waals surface area (Å²) >= 11 is 11.7. The molecule has 0 spiro atoms. The standard InChI is InChI=1S/C22H31ClN4OS/c23-19-9-4-5-10-20(19)25-21(28)17-26-13-6-14-27(16-15-26)22(29)24-12-11-18-7-2-1-3-8-18/h4-5,7,9-10H,1-3,6,8,11-17H2,(H,24,29)(H,25,28). The number of anilines is 1. The van der Waals surface area contributed by atoms with Gasteiger partial charge in [-0.05, 0) is 62.9 Å².